The first-order valence-corrected chi connectivity index (χ1v) is 11.8. The number of hydrogen-bond acceptors (Lipinski definition) is 9. The summed E-state index contributed by atoms with van der Waals surface area (Å²) in [7, 11) is 0. The minimum atomic E-state index is -2.86. The van der Waals surface area contributed by atoms with Crippen LogP contribution >= 0.6 is 0 Å². The van der Waals surface area contributed by atoms with Crippen molar-refractivity contribution in [1.29, 1.82) is 5.41 Å². The van der Waals surface area contributed by atoms with E-state index < -0.39 is 68.5 Å². The van der Waals surface area contributed by atoms with Crippen LogP contribution in [0.25, 0.3) is 0 Å². The molecular weight excluding hydrogens is 478 g/mol. The van der Waals surface area contributed by atoms with Gasteiger partial charge in [-0.05, 0) is 53.7 Å². The summed E-state index contributed by atoms with van der Waals surface area (Å²) >= 11 is 0. The normalized spacial score (nSPS) is 39.5. The molecule has 1 aliphatic heterocycles. The van der Waals surface area contributed by atoms with E-state index in [1.807, 2.05) is 0 Å². The van der Waals surface area contributed by atoms with E-state index in [9.17, 15) is 35.1 Å². The Morgan fingerprint density at radius 3 is 1.95 bits per heavy atom. The predicted octanol–water partition coefficient (Wildman–Crippen LogP) is 3.74. The number of hydrogen-bond donors (Lipinski definition) is 6. The van der Waals surface area contributed by atoms with E-state index in [1.54, 1.807) is 38.2 Å². The highest BCUT2D eigenvalue weighted by atomic mass is 16.7. The number of nitrogens with one attached hydrogen (secondary N) is 1. The van der Waals surface area contributed by atoms with Crippen LogP contribution in [0.2, 0.25) is 0 Å². The number of ether oxygens (including phenoxy) is 1. The third-order valence-corrected chi connectivity index (χ3v) is 7.63. The van der Waals surface area contributed by atoms with Crippen molar-refractivity contribution in [2.45, 2.75) is 58.5 Å². The highest BCUT2D eigenvalue weighted by molar-refractivity contribution is 6.29. The van der Waals surface area contributed by atoms with Gasteiger partial charge < -0.3 is 35.7 Å². The average molecular weight is 512 g/mol. The van der Waals surface area contributed by atoms with Gasteiger partial charge in [-0.25, -0.2) is 0 Å². The van der Waals surface area contributed by atoms with Crippen LogP contribution < -0.4 is 0 Å². The topological polar surface area (TPSA) is 168 Å². The molecule has 3 aliphatic rings. The van der Waals surface area contributed by atoms with Crippen molar-refractivity contribution in [3.8, 4) is 0 Å². The van der Waals surface area contributed by atoms with Gasteiger partial charge in [0.05, 0.1) is 16.7 Å². The standard InChI is InChI=1S/C28H33NO8/c1-7-9-11-13-16(30)18-20(32)15(3)23(33)26(5)21(18)25(4)24(34)19(17(31)14-12-10-8-2)22(29)27(6,35)28(25,36)37-26/h7-14,21,29-32,35-36H,1-6H3/b9-7+,10-8?,13-11+,14-12+,18-16+,19-17-,29-22?/t21-,25-,26+,27+,28-/m1/s1. The first kappa shape index (κ1) is 28.0. The number of carbonyl (C=O) groups is 2. The lowest BCUT2D eigenvalue weighted by atomic mass is 9.52. The van der Waals surface area contributed by atoms with Crippen molar-refractivity contribution in [2.75, 3.05) is 0 Å². The van der Waals surface area contributed by atoms with E-state index in [0.29, 0.717) is 0 Å². The van der Waals surface area contributed by atoms with Crippen molar-refractivity contribution in [1.82, 2.24) is 0 Å². The Morgan fingerprint density at radius 2 is 1.43 bits per heavy atom. The van der Waals surface area contributed by atoms with E-state index in [4.69, 9.17) is 10.1 Å². The molecule has 3 rings (SSSR count). The summed E-state index contributed by atoms with van der Waals surface area (Å²) in [6.07, 6.45) is 11.8. The molecule has 0 aromatic rings. The summed E-state index contributed by atoms with van der Waals surface area (Å²) in [5, 5.41) is 64.8. The lowest BCUT2D eigenvalue weighted by Crippen LogP contribution is -2.72. The first-order chi connectivity index (χ1) is 17.1. The highest BCUT2D eigenvalue weighted by Crippen LogP contribution is 2.66. The third-order valence-electron chi connectivity index (χ3n) is 7.63. The maximum Gasteiger partial charge on any atom is 0.215 e. The SMILES string of the molecule is CC=C/C=C/C(O)=C1\C(=N)[C@](C)(O)[C@]2(O)O[C@]3(C)C(=O)C(C)=C(O)/C(=C(O)/C=C/C=C/C)[C@@H]3[C@]2(C)C1=O. The van der Waals surface area contributed by atoms with Crippen LogP contribution in [0.5, 0.6) is 0 Å². The smallest absolute Gasteiger partial charge is 0.215 e. The van der Waals surface area contributed by atoms with E-state index in [0.717, 1.165) is 13.0 Å². The Bertz CT molecular complexity index is 1290. The average Bonchev–Trinajstić information content (AvgIpc) is 3.03. The van der Waals surface area contributed by atoms with Gasteiger partial charge in [0.2, 0.25) is 5.79 Å². The lowest BCUT2D eigenvalue weighted by Gasteiger charge is -2.51. The van der Waals surface area contributed by atoms with Gasteiger partial charge in [0.25, 0.3) is 0 Å². The number of aliphatic hydroxyl groups excluding tert-OH is 3. The zero-order valence-electron chi connectivity index (χ0n) is 21.7. The maximum atomic E-state index is 14.1. The van der Waals surface area contributed by atoms with E-state index >= 15 is 0 Å². The molecule has 0 unspecified atom stereocenters. The second-order valence-corrected chi connectivity index (χ2v) is 9.90. The van der Waals surface area contributed by atoms with Crippen LogP contribution in [0, 0.1) is 16.7 Å². The molecule has 1 heterocycles. The van der Waals surface area contributed by atoms with E-state index in [1.165, 1.54) is 39.0 Å². The van der Waals surface area contributed by atoms with Gasteiger partial charge in [0, 0.05) is 17.1 Å². The number of fused-ring (bicyclic) bond motifs is 3. The van der Waals surface area contributed by atoms with E-state index in [2.05, 4.69) is 0 Å². The molecule has 9 nitrogen and oxygen atoms in total. The molecular formula is C28H33NO8. The number of carbonyl (C=O) groups excluding carboxylic acids is 2. The monoisotopic (exact) mass is 511 g/mol. The summed E-state index contributed by atoms with van der Waals surface area (Å²) in [5.74, 6) is -7.90. The van der Waals surface area contributed by atoms with Gasteiger partial charge in [-0.15, -0.1) is 0 Å². The minimum Gasteiger partial charge on any atom is -0.508 e. The molecule has 1 saturated heterocycles. The van der Waals surface area contributed by atoms with Gasteiger partial charge in [-0.2, -0.15) is 0 Å². The molecule has 198 valence electrons. The molecule has 0 amide bonds. The fraction of sp³-hybridized carbons (Fsp3) is 0.393. The van der Waals surface area contributed by atoms with Crippen molar-refractivity contribution in [2.24, 2.45) is 11.3 Å². The molecule has 0 spiro atoms. The summed E-state index contributed by atoms with van der Waals surface area (Å²) in [6, 6.07) is 0. The third kappa shape index (κ3) is 3.53. The van der Waals surface area contributed by atoms with Crippen molar-refractivity contribution < 1.29 is 39.9 Å². The summed E-state index contributed by atoms with van der Waals surface area (Å²) in [4.78, 5) is 27.6. The fourth-order valence-corrected chi connectivity index (χ4v) is 5.66. The van der Waals surface area contributed by atoms with Crippen LogP contribution in [0.4, 0.5) is 0 Å². The number of allylic oxidation sites excluding steroid dienone is 9. The Morgan fingerprint density at radius 1 is 0.919 bits per heavy atom. The molecule has 6 N–H and O–H groups in total. The summed E-state index contributed by atoms with van der Waals surface area (Å²) in [6.45, 7) is 8.36. The van der Waals surface area contributed by atoms with Crippen LogP contribution in [0.3, 0.4) is 0 Å². The minimum absolute atomic E-state index is 0.180. The fourth-order valence-electron chi connectivity index (χ4n) is 5.66. The quantitative estimate of drug-likeness (QED) is 0.188. The maximum absolute atomic E-state index is 14.1. The molecule has 1 saturated carbocycles. The van der Waals surface area contributed by atoms with Crippen LogP contribution in [0.15, 0.2) is 82.6 Å². The van der Waals surface area contributed by atoms with Gasteiger partial charge in [0.15, 0.2) is 17.2 Å². The van der Waals surface area contributed by atoms with Crippen molar-refractivity contribution in [3.05, 3.63) is 82.6 Å². The molecule has 0 aromatic carbocycles. The van der Waals surface area contributed by atoms with Crippen molar-refractivity contribution >= 4 is 17.3 Å². The molecule has 0 radical (unpaired) electrons. The second-order valence-electron chi connectivity index (χ2n) is 9.90. The molecule has 37 heavy (non-hydrogen) atoms. The van der Waals surface area contributed by atoms with Gasteiger partial charge in [-0.3, -0.25) is 9.59 Å². The Hall–Kier alpha value is -3.53. The number of rotatable bonds is 4. The molecule has 0 bridgehead atoms. The molecule has 2 aliphatic carbocycles. The Balaban J connectivity index is 2.46. The molecule has 9 heteroatoms. The van der Waals surface area contributed by atoms with Gasteiger partial charge >= 0.3 is 0 Å². The zero-order chi connectivity index (χ0) is 28.1. The number of aliphatic hydroxyl groups is 5. The zero-order valence-corrected chi connectivity index (χ0v) is 21.7. The number of Topliss-reactive ketones (excluding diaryl/α,β-unsaturated/α-hetero) is 2. The predicted molar refractivity (Wildman–Crippen MR) is 137 cm³/mol. The first-order valence-electron chi connectivity index (χ1n) is 11.8. The largest absolute Gasteiger partial charge is 0.508 e. The van der Waals surface area contributed by atoms with E-state index in [-0.39, 0.29) is 11.1 Å². The number of ketones is 2. The Labute approximate surface area is 215 Å². The Kier molecular flexibility index (Phi) is 6.89. The van der Waals surface area contributed by atoms with Crippen LogP contribution in [-0.4, -0.2) is 59.8 Å². The highest BCUT2D eigenvalue weighted by Gasteiger charge is 2.82. The molecule has 0 aromatic heterocycles. The van der Waals surface area contributed by atoms with Crippen LogP contribution in [-0.2, 0) is 14.3 Å². The summed E-state index contributed by atoms with van der Waals surface area (Å²) < 4.78 is 5.90. The second kappa shape index (κ2) is 9.09. The lowest BCUT2D eigenvalue weighted by molar-refractivity contribution is -0.305. The molecule has 5 atom stereocenters. The van der Waals surface area contributed by atoms with Gasteiger partial charge in [-0.1, -0.05) is 36.5 Å². The molecule has 2 fully saturated rings. The van der Waals surface area contributed by atoms with Crippen LogP contribution in [0.1, 0.15) is 41.5 Å². The summed E-state index contributed by atoms with van der Waals surface area (Å²) in [5.41, 5.74) is -8.73. The van der Waals surface area contributed by atoms with Gasteiger partial charge in [0.1, 0.15) is 22.9 Å². The van der Waals surface area contributed by atoms with Crippen molar-refractivity contribution in [3.63, 3.8) is 0 Å².